The number of carboxylic acid groups (broad SMARTS) is 1. The smallest absolute Gasteiger partial charge is 0.321 e. The molecule has 8 heteroatoms. The van der Waals surface area contributed by atoms with E-state index in [-0.39, 0.29) is 12.4 Å². The Bertz CT molecular complexity index is 325. The number of aliphatic hydroxyl groups is 2. The molecule has 0 bridgehead atoms. The van der Waals surface area contributed by atoms with Crippen molar-refractivity contribution >= 4 is 24.5 Å². The molecule has 0 rings (SSSR count). The van der Waals surface area contributed by atoms with Crippen molar-refractivity contribution in [2.24, 2.45) is 5.41 Å². The Hall–Kier alpha value is -0.830. The number of rotatable bonds is 10. The molecule has 0 aliphatic carbocycles. The van der Waals surface area contributed by atoms with Gasteiger partial charge in [-0.05, 0) is 13.0 Å². The van der Waals surface area contributed by atoms with Crippen LogP contribution in [-0.4, -0.2) is 64.8 Å². The summed E-state index contributed by atoms with van der Waals surface area (Å²) in [7, 11) is 0. The van der Waals surface area contributed by atoms with E-state index in [1.807, 2.05) is 0 Å². The van der Waals surface area contributed by atoms with Crippen LogP contribution in [0.15, 0.2) is 0 Å². The van der Waals surface area contributed by atoms with Crippen molar-refractivity contribution < 1.29 is 24.9 Å². The second-order valence-corrected chi connectivity index (χ2v) is 5.59. The molecule has 1 amide bonds. The van der Waals surface area contributed by atoms with Gasteiger partial charge < -0.3 is 26.0 Å². The molecule has 7 nitrogen and oxygen atoms in total. The van der Waals surface area contributed by atoms with E-state index in [1.54, 1.807) is 13.8 Å². The zero-order valence-electron chi connectivity index (χ0n) is 11.8. The van der Waals surface area contributed by atoms with E-state index in [4.69, 9.17) is 10.2 Å². The number of amides is 1. The van der Waals surface area contributed by atoms with Gasteiger partial charge in [0.2, 0.25) is 5.91 Å². The molecule has 0 aliphatic heterocycles. The fraction of sp³-hybridized carbons (Fsp3) is 0.833. The Morgan fingerprint density at radius 1 is 1.30 bits per heavy atom. The van der Waals surface area contributed by atoms with E-state index in [2.05, 4.69) is 23.3 Å². The first-order valence-electron chi connectivity index (χ1n) is 6.40. The quantitative estimate of drug-likeness (QED) is 0.224. The molecule has 0 aliphatic rings. The Kier molecular flexibility index (Phi) is 8.79. The van der Waals surface area contributed by atoms with Gasteiger partial charge in [-0.1, -0.05) is 13.8 Å². The number of carbonyl (C=O) groups is 2. The maximum Gasteiger partial charge on any atom is 0.321 e. The monoisotopic (exact) mass is 308 g/mol. The number of hydrogen-bond donors (Lipinski definition) is 6. The normalized spacial score (nSPS) is 14.7. The standard InChI is InChI=1S/C12H24N2O5S/c1-12(2,7-15)9(16)10(17)14-5-3-4-13-8(6-20)11(18)19/h8-9,13,15-16,20H,3-7H2,1-2H3,(H,14,17)(H,18,19)/t8-,9?/m0/s1. The fourth-order valence-electron chi connectivity index (χ4n) is 1.34. The molecular weight excluding hydrogens is 284 g/mol. The average molecular weight is 308 g/mol. The van der Waals surface area contributed by atoms with E-state index in [9.17, 15) is 14.7 Å². The molecule has 0 saturated carbocycles. The van der Waals surface area contributed by atoms with Crippen LogP contribution in [0.5, 0.6) is 0 Å². The summed E-state index contributed by atoms with van der Waals surface area (Å²) in [5.74, 6) is -1.33. The number of carbonyl (C=O) groups excluding carboxylic acids is 1. The summed E-state index contributed by atoms with van der Waals surface area (Å²) in [6.07, 6.45) is -0.764. The van der Waals surface area contributed by atoms with Gasteiger partial charge in [-0.25, -0.2) is 0 Å². The number of aliphatic hydroxyl groups excluding tert-OH is 2. The van der Waals surface area contributed by atoms with Crippen molar-refractivity contribution in [2.75, 3.05) is 25.4 Å². The third-order valence-electron chi connectivity index (χ3n) is 2.92. The number of thiol groups is 1. The zero-order chi connectivity index (χ0) is 15.8. The highest BCUT2D eigenvalue weighted by Gasteiger charge is 2.32. The highest BCUT2D eigenvalue weighted by Crippen LogP contribution is 2.19. The van der Waals surface area contributed by atoms with Gasteiger partial charge in [0.25, 0.3) is 0 Å². The Morgan fingerprint density at radius 2 is 1.90 bits per heavy atom. The molecule has 0 aromatic heterocycles. The van der Waals surface area contributed by atoms with E-state index in [0.717, 1.165) is 0 Å². The second kappa shape index (κ2) is 9.17. The lowest BCUT2D eigenvalue weighted by molar-refractivity contribution is -0.139. The number of hydrogen-bond acceptors (Lipinski definition) is 6. The first kappa shape index (κ1) is 19.2. The predicted octanol–water partition coefficient (Wildman–Crippen LogP) is -1.16. The van der Waals surface area contributed by atoms with Crippen molar-refractivity contribution in [3.05, 3.63) is 0 Å². The fourth-order valence-corrected chi connectivity index (χ4v) is 1.63. The molecular formula is C12H24N2O5S. The molecule has 2 atom stereocenters. The minimum Gasteiger partial charge on any atom is -0.480 e. The Morgan fingerprint density at radius 3 is 2.35 bits per heavy atom. The first-order valence-corrected chi connectivity index (χ1v) is 7.03. The molecule has 0 fully saturated rings. The van der Waals surface area contributed by atoms with Crippen molar-refractivity contribution in [2.45, 2.75) is 32.4 Å². The van der Waals surface area contributed by atoms with E-state index in [1.165, 1.54) is 0 Å². The summed E-state index contributed by atoms with van der Waals surface area (Å²) in [5.41, 5.74) is -0.900. The first-order chi connectivity index (χ1) is 9.26. The Labute approximate surface area is 124 Å². The van der Waals surface area contributed by atoms with Gasteiger partial charge in [0, 0.05) is 17.7 Å². The maximum absolute atomic E-state index is 11.6. The summed E-state index contributed by atoms with van der Waals surface area (Å²) in [4.78, 5) is 22.3. The van der Waals surface area contributed by atoms with Crippen LogP contribution in [0.25, 0.3) is 0 Å². The summed E-state index contributed by atoms with van der Waals surface area (Å²) >= 11 is 3.91. The minimum absolute atomic E-state index is 0.186. The van der Waals surface area contributed by atoms with Gasteiger partial charge in [-0.15, -0.1) is 0 Å². The summed E-state index contributed by atoms with van der Waals surface area (Å²) in [6, 6.07) is -0.715. The molecule has 118 valence electrons. The van der Waals surface area contributed by atoms with E-state index < -0.39 is 29.4 Å². The molecule has 0 saturated heterocycles. The van der Waals surface area contributed by atoms with Crippen LogP contribution in [0.4, 0.5) is 0 Å². The molecule has 0 aromatic carbocycles. The summed E-state index contributed by atoms with van der Waals surface area (Å²) in [5, 5.41) is 32.9. The third kappa shape index (κ3) is 6.56. The molecule has 0 spiro atoms. The van der Waals surface area contributed by atoms with Gasteiger partial charge >= 0.3 is 5.97 Å². The molecule has 0 aromatic rings. The topological polar surface area (TPSA) is 119 Å². The van der Waals surface area contributed by atoms with Gasteiger partial charge in [-0.3, -0.25) is 9.59 Å². The SMILES string of the molecule is CC(C)(CO)C(O)C(=O)NCCCN[C@@H](CS)C(=O)O. The van der Waals surface area contributed by atoms with E-state index in [0.29, 0.717) is 19.5 Å². The van der Waals surface area contributed by atoms with Gasteiger partial charge in [0.1, 0.15) is 12.1 Å². The lowest BCUT2D eigenvalue weighted by Gasteiger charge is -2.27. The lowest BCUT2D eigenvalue weighted by Crippen LogP contribution is -2.46. The van der Waals surface area contributed by atoms with E-state index >= 15 is 0 Å². The van der Waals surface area contributed by atoms with Crippen molar-refractivity contribution in [1.29, 1.82) is 0 Å². The average Bonchev–Trinajstić information content (AvgIpc) is 2.41. The predicted molar refractivity (Wildman–Crippen MR) is 77.8 cm³/mol. The van der Waals surface area contributed by atoms with Crippen LogP contribution in [0, 0.1) is 5.41 Å². The van der Waals surface area contributed by atoms with Crippen LogP contribution >= 0.6 is 12.6 Å². The largest absolute Gasteiger partial charge is 0.480 e. The van der Waals surface area contributed by atoms with Crippen LogP contribution in [0.3, 0.4) is 0 Å². The summed E-state index contributed by atoms with van der Waals surface area (Å²) in [6.45, 7) is 3.60. The van der Waals surface area contributed by atoms with Crippen molar-refractivity contribution in [3.63, 3.8) is 0 Å². The van der Waals surface area contributed by atoms with Crippen LogP contribution in [-0.2, 0) is 9.59 Å². The Balaban J connectivity index is 3.91. The van der Waals surface area contributed by atoms with Gasteiger partial charge in [0.05, 0.1) is 6.61 Å². The maximum atomic E-state index is 11.6. The van der Waals surface area contributed by atoms with Crippen molar-refractivity contribution in [1.82, 2.24) is 10.6 Å². The van der Waals surface area contributed by atoms with Crippen LogP contribution in [0.2, 0.25) is 0 Å². The minimum atomic E-state index is -1.29. The van der Waals surface area contributed by atoms with Crippen LogP contribution in [0.1, 0.15) is 20.3 Å². The molecule has 0 heterocycles. The van der Waals surface area contributed by atoms with Gasteiger partial charge in [0.15, 0.2) is 0 Å². The number of carboxylic acids is 1. The molecule has 20 heavy (non-hydrogen) atoms. The molecule has 5 N–H and O–H groups in total. The van der Waals surface area contributed by atoms with Crippen LogP contribution < -0.4 is 10.6 Å². The molecule has 1 unspecified atom stereocenters. The highest BCUT2D eigenvalue weighted by molar-refractivity contribution is 7.80. The van der Waals surface area contributed by atoms with Gasteiger partial charge in [-0.2, -0.15) is 12.6 Å². The number of aliphatic carboxylic acids is 1. The zero-order valence-corrected chi connectivity index (χ0v) is 12.7. The third-order valence-corrected chi connectivity index (χ3v) is 3.29. The number of nitrogens with one attached hydrogen (secondary N) is 2. The second-order valence-electron chi connectivity index (χ2n) is 5.22. The summed E-state index contributed by atoms with van der Waals surface area (Å²) < 4.78 is 0. The highest BCUT2D eigenvalue weighted by atomic mass is 32.1. The lowest BCUT2D eigenvalue weighted by atomic mass is 9.87. The molecule has 0 radical (unpaired) electrons. The van der Waals surface area contributed by atoms with Crippen molar-refractivity contribution in [3.8, 4) is 0 Å².